The number of carbonyl (C=O) groups excluding carboxylic acids is 1. The number of hydrogen-bond acceptors (Lipinski definition) is 4. The molecule has 0 atom stereocenters. The van der Waals surface area contributed by atoms with Gasteiger partial charge in [0.25, 0.3) is 5.91 Å². The number of rotatable bonds is 4. The average Bonchev–Trinajstić information content (AvgIpc) is 2.58. The lowest BCUT2D eigenvalue weighted by Crippen LogP contribution is -2.60. The first-order chi connectivity index (χ1) is 12.6. The third kappa shape index (κ3) is 2.77. The Morgan fingerprint density at radius 1 is 1.15 bits per heavy atom. The molecule has 0 saturated heterocycles. The molecule has 0 radical (unpaired) electrons. The monoisotopic (exact) mass is 353 g/mol. The van der Waals surface area contributed by atoms with Crippen molar-refractivity contribution in [2.75, 3.05) is 6.61 Å². The minimum absolute atomic E-state index is 0.0289. The van der Waals surface area contributed by atoms with E-state index < -0.39 is 5.69 Å². The highest BCUT2D eigenvalue weighted by molar-refractivity contribution is 5.84. The average molecular weight is 353 g/mol. The molecule has 0 spiro atoms. The molecule has 2 aromatic rings. The second-order valence-electron chi connectivity index (χ2n) is 8.43. The fourth-order valence-electron chi connectivity index (χ4n) is 5.91. The van der Waals surface area contributed by atoms with Gasteiger partial charge in [-0.3, -0.25) is 4.79 Å². The van der Waals surface area contributed by atoms with E-state index in [2.05, 4.69) is 15.3 Å². The Kier molecular flexibility index (Phi) is 3.55. The molecular weight excluding hydrogens is 330 g/mol. The number of fused-ring (bicyclic) bond motifs is 1. The Morgan fingerprint density at radius 2 is 1.81 bits per heavy atom. The highest BCUT2D eigenvalue weighted by Crippen LogP contribution is 2.55. The molecule has 26 heavy (non-hydrogen) atoms. The van der Waals surface area contributed by atoms with Gasteiger partial charge < -0.3 is 15.0 Å². The van der Waals surface area contributed by atoms with Crippen LogP contribution in [0.15, 0.2) is 29.1 Å². The van der Waals surface area contributed by atoms with Crippen molar-refractivity contribution in [3.8, 4) is 5.88 Å². The number of nitrogens with zero attached hydrogens (tertiary/aromatic N) is 1. The number of ether oxygens (including phenoxy) is 1. The summed E-state index contributed by atoms with van der Waals surface area (Å²) in [6.07, 6.45) is 7.35. The fourth-order valence-corrected chi connectivity index (χ4v) is 5.91. The zero-order valence-electron chi connectivity index (χ0n) is 14.7. The van der Waals surface area contributed by atoms with Crippen molar-refractivity contribution in [2.24, 2.45) is 17.8 Å². The predicted octanol–water partition coefficient (Wildman–Crippen LogP) is 2.39. The highest BCUT2D eigenvalue weighted by atomic mass is 16.5. The summed E-state index contributed by atoms with van der Waals surface area (Å²) in [6.45, 7) is -0.109. The van der Waals surface area contributed by atoms with Crippen LogP contribution in [0.25, 0.3) is 10.9 Å². The van der Waals surface area contributed by atoms with Gasteiger partial charge in [-0.1, -0.05) is 12.1 Å². The molecule has 6 rings (SSSR count). The maximum absolute atomic E-state index is 12.6. The first-order valence-electron chi connectivity index (χ1n) is 9.51. The molecule has 1 amide bonds. The number of amides is 1. The largest absolute Gasteiger partial charge is 0.467 e. The van der Waals surface area contributed by atoms with Gasteiger partial charge in [-0.05, 0) is 68.4 Å². The quantitative estimate of drug-likeness (QED) is 0.884. The summed E-state index contributed by atoms with van der Waals surface area (Å²) in [5.74, 6) is 2.44. The lowest BCUT2D eigenvalue weighted by Gasteiger charge is -2.56. The summed E-state index contributed by atoms with van der Waals surface area (Å²) in [6, 6.07) is 7.30. The van der Waals surface area contributed by atoms with Gasteiger partial charge in [-0.2, -0.15) is 4.98 Å². The molecule has 4 fully saturated rings. The molecule has 136 valence electrons. The van der Waals surface area contributed by atoms with E-state index in [1.165, 1.54) is 19.3 Å². The first-order valence-corrected chi connectivity index (χ1v) is 9.51. The van der Waals surface area contributed by atoms with Crippen LogP contribution in [0.5, 0.6) is 5.88 Å². The summed E-state index contributed by atoms with van der Waals surface area (Å²) in [4.78, 5) is 30.8. The number of benzene rings is 1. The van der Waals surface area contributed by atoms with Crippen LogP contribution in [0, 0.1) is 17.8 Å². The van der Waals surface area contributed by atoms with Crippen molar-refractivity contribution in [3.63, 3.8) is 0 Å². The summed E-state index contributed by atoms with van der Waals surface area (Å²) in [5.41, 5.74) is 0.156. The molecule has 4 saturated carbocycles. The summed E-state index contributed by atoms with van der Waals surface area (Å²) in [5, 5.41) is 3.98. The minimum Gasteiger partial charge on any atom is -0.467 e. The molecule has 1 aromatic heterocycles. The van der Waals surface area contributed by atoms with Gasteiger partial charge in [0.1, 0.15) is 0 Å². The Labute approximate surface area is 151 Å². The van der Waals surface area contributed by atoms with Gasteiger partial charge in [0.05, 0.1) is 10.9 Å². The van der Waals surface area contributed by atoms with E-state index in [1.807, 2.05) is 18.2 Å². The van der Waals surface area contributed by atoms with Crippen LogP contribution in [0.2, 0.25) is 0 Å². The summed E-state index contributed by atoms with van der Waals surface area (Å²) in [7, 11) is 0. The number of hydrogen-bond donors (Lipinski definition) is 2. The first kappa shape index (κ1) is 15.9. The predicted molar refractivity (Wildman–Crippen MR) is 96.9 cm³/mol. The van der Waals surface area contributed by atoms with Crippen LogP contribution in [0.1, 0.15) is 38.5 Å². The van der Waals surface area contributed by atoms with E-state index in [9.17, 15) is 9.59 Å². The Bertz CT molecular complexity index is 885. The SMILES string of the molecule is O=C(COc1nc(=O)[nH]c2ccccc12)NC12CC3CC(CC(C3)C1)C2. The van der Waals surface area contributed by atoms with Gasteiger partial charge in [0, 0.05) is 5.54 Å². The summed E-state index contributed by atoms with van der Waals surface area (Å²) >= 11 is 0. The maximum atomic E-state index is 12.6. The molecule has 0 unspecified atom stereocenters. The van der Waals surface area contributed by atoms with Gasteiger partial charge in [0.2, 0.25) is 5.88 Å². The Hall–Kier alpha value is -2.37. The maximum Gasteiger partial charge on any atom is 0.348 e. The van der Waals surface area contributed by atoms with Crippen molar-refractivity contribution in [3.05, 3.63) is 34.7 Å². The topological polar surface area (TPSA) is 84.1 Å². The molecule has 1 aromatic carbocycles. The van der Waals surface area contributed by atoms with Gasteiger partial charge >= 0.3 is 5.69 Å². The summed E-state index contributed by atoms with van der Waals surface area (Å²) < 4.78 is 5.63. The van der Waals surface area contributed by atoms with E-state index >= 15 is 0 Å². The molecule has 4 bridgehead atoms. The van der Waals surface area contributed by atoms with Crippen LogP contribution in [-0.4, -0.2) is 28.0 Å². The van der Waals surface area contributed by atoms with Gasteiger partial charge in [-0.15, -0.1) is 0 Å². The van der Waals surface area contributed by atoms with Crippen LogP contribution >= 0.6 is 0 Å². The van der Waals surface area contributed by atoms with Crippen molar-refractivity contribution < 1.29 is 9.53 Å². The van der Waals surface area contributed by atoms with Crippen molar-refractivity contribution in [2.45, 2.75) is 44.1 Å². The Balaban J connectivity index is 1.29. The van der Waals surface area contributed by atoms with E-state index in [1.54, 1.807) is 6.07 Å². The zero-order chi connectivity index (χ0) is 17.7. The number of para-hydroxylation sites is 1. The van der Waals surface area contributed by atoms with E-state index in [-0.39, 0.29) is 23.9 Å². The van der Waals surface area contributed by atoms with Crippen molar-refractivity contribution in [1.29, 1.82) is 0 Å². The molecule has 6 heteroatoms. The molecule has 4 aliphatic rings. The third-order valence-corrected chi connectivity index (χ3v) is 6.38. The van der Waals surface area contributed by atoms with E-state index in [4.69, 9.17) is 4.74 Å². The van der Waals surface area contributed by atoms with Gasteiger partial charge in [0.15, 0.2) is 6.61 Å². The number of H-pyrrole nitrogens is 1. The minimum atomic E-state index is -0.472. The number of aromatic amines is 1. The van der Waals surface area contributed by atoms with Crippen molar-refractivity contribution in [1.82, 2.24) is 15.3 Å². The lowest BCUT2D eigenvalue weighted by atomic mass is 9.53. The standard InChI is InChI=1S/C20H23N3O3/c24-17(23-20-8-12-5-13(9-20)7-14(6-12)10-20)11-26-18-15-3-1-2-4-16(15)21-19(25)22-18/h1-4,12-14H,5-11H2,(H,23,24)(H,21,22,25). The molecule has 6 nitrogen and oxygen atoms in total. The second kappa shape index (κ2) is 5.83. The van der Waals surface area contributed by atoms with Gasteiger partial charge in [-0.25, -0.2) is 4.79 Å². The highest BCUT2D eigenvalue weighted by Gasteiger charge is 2.51. The van der Waals surface area contributed by atoms with E-state index in [0.717, 1.165) is 37.0 Å². The number of carbonyl (C=O) groups is 1. The third-order valence-electron chi connectivity index (χ3n) is 6.38. The van der Waals surface area contributed by atoms with E-state index in [0.29, 0.717) is 10.9 Å². The number of nitrogens with one attached hydrogen (secondary N) is 2. The Morgan fingerprint density at radius 3 is 2.50 bits per heavy atom. The smallest absolute Gasteiger partial charge is 0.348 e. The van der Waals surface area contributed by atoms with Crippen LogP contribution in [0.4, 0.5) is 0 Å². The normalized spacial score (nSPS) is 31.9. The van der Waals surface area contributed by atoms with Crippen LogP contribution in [0.3, 0.4) is 0 Å². The molecule has 4 aliphatic carbocycles. The fraction of sp³-hybridized carbons (Fsp3) is 0.550. The van der Waals surface area contributed by atoms with Crippen LogP contribution < -0.4 is 15.7 Å². The molecular formula is C20H23N3O3. The van der Waals surface area contributed by atoms with Crippen LogP contribution in [-0.2, 0) is 4.79 Å². The second-order valence-corrected chi connectivity index (χ2v) is 8.43. The zero-order valence-corrected chi connectivity index (χ0v) is 14.7. The molecule has 2 N–H and O–H groups in total. The molecule has 1 heterocycles. The van der Waals surface area contributed by atoms with Crippen molar-refractivity contribution >= 4 is 16.8 Å². The molecule has 0 aliphatic heterocycles. The lowest BCUT2D eigenvalue weighted by molar-refractivity contribution is -0.128. The number of aromatic nitrogens is 2.